The molecule has 94 valence electrons. The lowest BCUT2D eigenvalue weighted by Crippen LogP contribution is -1.97. The van der Waals surface area contributed by atoms with E-state index in [1.807, 2.05) is 12.1 Å². The van der Waals surface area contributed by atoms with Gasteiger partial charge in [-0.25, -0.2) is 4.79 Å². The van der Waals surface area contributed by atoms with Crippen LogP contribution >= 0.6 is 27.7 Å². The highest BCUT2D eigenvalue weighted by atomic mass is 79.9. The summed E-state index contributed by atoms with van der Waals surface area (Å²) in [5.74, 6) is -0.526. The molecule has 1 aromatic carbocycles. The van der Waals surface area contributed by atoms with Gasteiger partial charge >= 0.3 is 5.97 Å². The number of hydrogen-bond acceptors (Lipinski definition) is 4. The molecule has 0 aliphatic heterocycles. The zero-order chi connectivity index (χ0) is 13.1. The third kappa shape index (κ3) is 2.88. The van der Waals surface area contributed by atoms with Gasteiger partial charge in [-0.05, 0) is 40.2 Å². The van der Waals surface area contributed by atoms with Gasteiger partial charge in [-0.3, -0.25) is 0 Å². The van der Waals surface area contributed by atoms with E-state index in [0.29, 0.717) is 17.0 Å². The molecule has 0 amide bonds. The number of halogens is 1. The highest BCUT2D eigenvalue weighted by Crippen LogP contribution is 2.32. The van der Waals surface area contributed by atoms with Crippen molar-refractivity contribution < 1.29 is 14.3 Å². The summed E-state index contributed by atoms with van der Waals surface area (Å²) in [6.45, 7) is 0. The molecule has 4 nitrogen and oxygen atoms in total. The Hall–Kier alpha value is -1.40. The van der Waals surface area contributed by atoms with Crippen LogP contribution in [0.3, 0.4) is 0 Å². The van der Waals surface area contributed by atoms with Gasteiger partial charge in [0.05, 0.1) is 6.26 Å². The second-order valence-corrected chi connectivity index (χ2v) is 5.43. The van der Waals surface area contributed by atoms with E-state index in [1.165, 1.54) is 18.0 Å². The van der Waals surface area contributed by atoms with E-state index in [0.717, 1.165) is 9.37 Å². The zero-order valence-corrected chi connectivity index (χ0v) is 11.6. The number of nitrogens with two attached hydrogens (primary N) is 1. The molecule has 18 heavy (non-hydrogen) atoms. The maximum atomic E-state index is 10.9. The van der Waals surface area contributed by atoms with Crippen molar-refractivity contribution in [1.82, 2.24) is 0 Å². The summed E-state index contributed by atoms with van der Waals surface area (Å²) in [5.41, 5.74) is 6.99. The predicted molar refractivity (Wildman–Crippen MR) is 73.8 cm³/mol. The Morgan fingerprint density at radius 3 is 2.89 bits per heavy atom. The van der Waals surface area contributed by atoms with Crippen LogP contribution in [0.2, 0.25) is 0 Å². The molecule has 0 aliphatic rings. The lowest BCUT2D eigenvalue weighted by molar-refractivity contribution is 0.0661. The largest absolute Gasteiger partial charge is 0.475 e. The Labute approximate surface area is 116 Å². The molecule has 0 radical (unpaired) electrons. The van der Waals surface area contributed by atoms with Crippen LogP contribution in [0.4, 0.5) is 5.69 Å². The van der Waals surface area contributed by atoms with E-state index < -0.39 is 5.97 Å². The summed E-state index contributed by atoms with van der Waals surface area (Å²) in [4.78, 5) is 11.9. The first kappa shape index (κ1) is 13.0. The highest BCUT2D eigenvalue weighted by Gasteiger charge is 2.14. The molecule has 0 atom stereocenters. The Bertz CT molecular complexity index is 582. The molecule has 0 bridgehead atoms. The van der Waals surface area contributed by atoms with E-state index in [1.54, 1.807) is 12.1 Å². The van der Waals surface area contributed by atoms with Gasteiger partial charge in [0, 0.05) is 26.4 Å². The van der Waals surface area contributed by atoms with Crippen LogP contribution in [0.5, 0.6) is 0 Å². The van der Waals surface area contributed by atoms with Crippen molar-refractivity contribution in [3.8, 4) is 0 Å². The summed E-state index contributed by atoms with van der Waals surface area (Å²) >= 11 is 4.94. The number of benzene rings is 1. The number of thioether (sulfide) groups is 1. The van der Waals surface area contributed by atoms with Crippen molar-refractivity contribution >= 4 is 39.3 Å². The summed E-state index contributed by atoms with van der Waals surface area (Å²) in [5, 5.41) is 8.91. The van der Waals surface area contributed by atoms with Gasteiger partial charge < -0.3 is 15.3 Å². The van der Waals surface area contributed by atoms with Crippen LogP contribution in [-0.4, -0.2) is 11.1 Å². The number of nitrogen functional groups attached to an aromatic ring is 1. The number of aromatic carboxylic acids is 1. The van der Waals surface area contributed by atoms with Gasteiger partial charge in [0.25, 0.3) is 0 Å². The monoisotopic (exact) mass is 327 g/mol. The van der Waals surface area contributed by atoms with Crippen molar-refractivity contribution in [2.45, 2.75) is 10.6 Å². The number of carbonyl (C=O) groups is 1. The van der Waals surface area contributed by atoms with Crippen molar-refractivity contribution in [2.75, 3.05) is 5.73 Å². The minimum atomic E-state index is -1.05. The van der Waals surface area contributed by atoms with Crippen LogP contribution in [-0.2, 0) is 5.75 Å². The molecule has 2 rings (SSSR count). The Morgan fingerprint density at radius 1 is 1.44 bits per heavy atom. The Morgan fingerprint density at radius 2 is 2.22 bits per heavy atom. The quantitative estimate of drug-likeness (QED) is 0.662. The molecule has 0 spiro atoms. The van der Waals surface area contributed by atoms with E-state index in [-0.39, 0.29) is 5.76 Å². The second-order valence-electron chi connectivity index (χ2n) is 3.56. The van der Waals surface area contributed by atoms with Crippen LogP contribution in [0.1, 0.15) is 16.1 Å². The molecule has 1 heterocycles. The molecule has 0 saturated heterocycles. The van der Waals surface area contributed by atoms with Crippen LogP contribution in [0.25, 0.3) is 0 Å². The van der Waals surface area contributed by atoms with Crippen molar-refractivity contribution in [2.24, 2.45) is 0 Å². The van der Waals surface area contributed by atoms with E-state index in [9.17, 15) is 4.79 Å². The van der Waals surface area contributed by atoms with Gasteiger partial charge in [-0.1, -0.05) is 0 Å². The first-order valence-electron chi connectivity index (χ1n) is 5.05. The predicted octanol–water partition coefficient (Wildman–Crippen LogP) is 3.61. The second kappa shape index (κ2) is 5.49. The van der Waals surface area contributed by atoms with Crippen LogP contribution in [0.15, 0.2) is 44.3 Å². The number of anilines is 1. The normalized spacial score (nSPS) is 10.5. The molecular weight excluding hydrogens is 318 g/mol. The molecule has 0 fully saturated rings. The fourth-order valence-electron chi connectivity index (χ4n) is 1.43. The summed E-state index contributed by atoms with van der Waals surface area (Å²) < 4.78 is 5.82. The van der Waals surface area contributed by atoms with Crippen molar-refractivity contribution in [3.05, 3.63) is 46.3 Å². The maximum Gasteiger partial charge on any atom is 0.372 e. The van der Waals surface area contributed by atoms with Crippen LogP contribution < -0.4 is 5.73 Å². The Kier molecular flexibility index (Phi) is 3.98. The van der Waals surface area contributed by atoms with Crippen molar-refractivity contribution in [3.63, 3.8) is 0 Å². The van der Waals surface area contributed by atoms with E-state index >= 15 is 0 Å². The molecule has 0 saturated carbocycles. The lowest BCUT2D eigenvalue weighted by atomic mass is 10.3. The van der Waals surface area contributed by atoms with Gasteiger partial charge in [-0.15, -0.1) is 11.8 Å². The standard InChI is InChI=1S/C12H10BrNO3S/c13-9-5-8(14)1-2-10(9)18-6-7-3-4-17-11(7)12(15)16/h1-5H,6,14H2,(H,15,16). The molecule has 0 aliphatic carbocycles. The third-order valence-electron chi connectivity index (χ3n) is 2.28. The SMILES string of the molecule is Nc1ccc(SCc2ccoc2C(=O)O)c(Br)c1. The van der Waals surface area contributed by atoms with Gasteiger partial charge in [-0.2, -0.15) is 0 Å². The highest BCUT2D eigenvalue weighted by molar-refractivity contribution is 9.10. The average molecular weight is 328 g/mol. The van der Waals surface area contributed by atoms with Gasteiger partial charge in [0.2, 0.25) is 5.76 Å². The molecule has 0 unspecified atom stereocenters. The number of rotatable bonds is 4. The zero-order valence-electron chi connectivity index (χ0n) is 9.22. The number of carboxylic acids is 1. The van der Waals surface area contributed by atoms with E-state index in [4.69, 9.17) is 15.3 Å². The fourth-order valence-corrected chi connectivity index (χ4v) is 3.07. The van der Waals surface area contributed by atoms with Gasteiger partial charge in [0.15, 0.2) is 0 Å². The number of hydrogen-bond donors (Lipinski definition) is 2. The minimum Gasteiger partial charge on any atom is -0.475 e. The summed E-state index contributed by atoms with van der Waals surface area (Å²) in [6.07, 6.45) is 1.39. The first-order chi connectivity index (χ1) is 8.58. The molecular formula is C12H10BrNO3S. The smallest absolute Gasteiger partial charge is 0.372 e. The third-order valence-corrected chi connectivity index (χ3v) is 4.32. The van der Waals surface area contributed by atoms with Crippen LogP contribution in [0, 0.1) is 0 Å². The molecule has 2 aromatic rings. The topological polar surface area (TPSA) is 76.5 Å². The lowest BCUT2D eigenvalue weighted by Gasteiger charge is -2.04. The molecule has 3 N–H and O–H groups in total. The number of furan rings is 1. The first-order valence-corrected chi connectivity index (χ1v) is 6.83. The Balaban J connectivity index is 2.11. The summed E-state index contributed by atoms with van der Waals surface area (Å²) in [7, 11) is 0. The minimum absolute atomic E-state index is 0.00549. The van der Waals surface area contributed by atoms with Gasteiger partial charge in [0.1, 0.15) is 0 Å². The summed E-state index contributed by atoms with van der Waals surface area (Å²) in [6, 6.07) is 7.18. The molecule has 1 aromatic heterocycles. The van der Waals surface area contributed by atoms with Crippen molar-refractivity contribution in [1.29, 1.82) is 0 Å². The number of carboxylic acid groups (broad SMARTS) is 1. The fraction of sp³-hybridized carbons (Fsp3) is 0.0833. The molecule has 6 heteroatoms. The maximum absolute atomic E-state index is 10.9. The average Bonchev–Trinajstić information content (AvgIpc) is 2.76. The van der Waals surface area contributed by atoms with E-state index in [2.05, 4.69) is 15.9 Å².